The third kappa shape index (κ3) is 2.87. The summed E-state index contributed by atoms with van der Waals surface area (Å²) in [6, 6.07) is 4.93. The van der Waals surface area contributed by atoms with Gasteiger partial charge in [-0.25, -0.2) is 18.7 Å². The number of rotatable bonds is 4. The van der Waals surface area contributed by atoms with Gasteiger partial charge in [0.05, 0.1) is 5.69 Å². The zero-order valence-electron chi connectivity index (χ0n) is 9.61. The van der Waals surface area contributed by atoms with Crippen molar-refractivity contribution >= 4 is 0 Å². The van der Waals surface area contributed by atoms with Crippen molar-refractivity contribution < 1.29 is 13.9 Å². The lowest BCUT2D eigenvalue weighted by molar-refractivity contribution is 0.287. The van der Waals surface area contributed by atoms with Crippen molar-refractivity contribution in [3.8, 4) is 11.3 Å². The van der Waals surface area contributed by atoms with Crippen molar-refractivity contribution in [2.24, 2.45) is 0 Å². The van der Waals surface area contributed by atoms with E-state index in [-0.39, 0.29) is 12.2 Å². The van der Waals surface area contributed by atoms with Crippen molar-refractivity contribution in [1.82, 2.24) is 9.97 Å². The van der Waals surface area contributed by atoms with E-state index in [9.17, 15) is 8.78 Å². The number of aliphatic hydroxyl groups is 1. The van der Waals surface area contributed by atoms with Gasteiger partial charge >= 0.3 is 0 Å². The van der Waals surface area contributed by atoms with Crippen LogP contribution in [0, 0.1) is 11.6 Å². The van der Waals surface area contributed by atoms with Gasteiger partial charge in [0.2, 0.25) is 0 Å². The minimum absolute atomic E-state index is 0.0541. The Labute approximate surface area is 103 Å². The Balaban J connectivity index is 2.32. The van der Waals surface area contributed by atoms with E-state index in [0.717, 1.165) is 6.07 Å². The lowest BCUT2D eigenvalue weighted by Crippen LogP contribution is -1.99. The van der Waals surface area contributed by atoms with Crippen LogP contribution in [0.15, 0.2) is 30.5 Å². The van der Waals surface area contributed by atoms with Gasteiger partial charge in [-0.15, -0.1) is 0 Å². The molecule has 0 bridgehead atoms. The van der Waals surface area contributed by atoms with Gasteiger partial charge in [0, 0.05) is 30.9 Å². The molecular weight excluding hydrogens is 238 g/mol. The second-order valence-electron chi connectivity index (χ2n) is 3.81. The summed E-state index contributed by atoms with van der Waals surface area (Å²) in [4.78, 5) is 8.22. The maximum absolute atomic E-state index is 13.6. The second-order valence-corrected chi connectivity index (χ2v) is 3.81. The molecule has 0 aliphatic carbocycles. The molecule has 0 spiro atoms. The summed E-state index contributed by atoms with van der Waals surface area (Å²) in [6.07, 6.45) is 2.60. The highest BCUT2D eigenvalue weighted by Gasteiger charge is 2.08. The molecule has 0 aliphatic rings. The largest absolute Gasteiger partial charge is 0.396 e. The summed E-state index contributed by atoms with van der Waals surface area (Å²) >= 11 is 0. The van der Waals surface area contributed by atoms with Crippen LogP contribution in [0.25, 0.3) is 11.3 Å². The average Bonchev–Trinajstić information content (AvgIpc) is 2.36. The number of hydrogen-bond donors (Lipinski definition) is 1. The summed E-state index contributed by atoms with van der Waals surface area (Å²) in [7, 11) is 0. The Morgan fingerprint density at radius 1 is 1.17 bits per heavy atom. The fraction of sp³-hybridized carbons (Fsp3) is 0.231. The van der Waals surface area contributed by atoms with Crippen LogP contribution < -0.4 is 0 Å². The van der Waals surface area contributed by atoms with Gasteiger partial charge < -0.3 is 5.11 Å². The van der Waals surface area contributed by atoms with Crippen LogP contribution in [0.1, 0.15) is 12.2 Å². The van der Waals surface area contributed by atoms with E-state index in [4.69, 9.17) is 5.11 Å². The zero-order chi connectivity index (χ0) is 13.0. The first-order chi connectivity index (χ1) is 8.70. The summed E-state index contributed by atoms with van der Waals surface area (Å²) < 4.78 is 26.4. The average molecular weight is 250 g/mol. The van der Waals surface area contributed by atoms with E-state index >= 15 is 0 Å². The van der Waals surface area contributed by atoms with E-state index in [1.165, 1.54) is 18.3 Å². The molecule has 2 aromatic rings. The number of aryl methyl sites for hydroxylation is 1. The highest BCUT2D eigenvalue weighted by molar-refractivity contribution is 5.59. The topological polar surface area (TPSA) is 46.0 Å². The quantitative estimate of drug-likeness (QED) is 0.906. The van der Waals surface area contributed by atoms with Crippen LogP contribution in [0.2, 0.25) is 0 Å². The minimum Gasteiger partial charge on any atom is -0.396 e. The molecule has 18 heavy (non-hydrogen) atoms. The van der Waals surface area contributed by atoms with Crippen molar-refractivity contribution in [2.45, 2.75) is 12.8 Å². The monoisotopic (exact) mass is 250 g/mol. The van der Waals surface area contributed by atoms with Crippen LogP contribution in [0.4, 0.5) is 8.78 Å². The fourth-order valence-corrected chi connectivity index (χ4v) is 1.60. The molecule has 0 atom stereocenters. The number of benzene rings is 1. The summed E-state index contributed by atoms with van der Waals surface area (Å²) in [5, 5.41) is 8.73. The van der Waals surface area contributed by atoms with Crippen LogP contribution in [0.5, 0.6) is 0 Å². The van der Waals surface area contributed by atoms with Crippen molar-refractivity contribution in [2.75, 3.05) is 6.61 Å². The Morgan fingerprint density at radius 3 is 2.72 bits per heavy atom. The molecule has 0 saturated heterocycles. The summed E-state index contributed by atoms with van der Waals surface area (Å²) in [5.74, 6) is -0.738. The van der Waals surface area contributed by atoms with Gasteiger partial charge in [0.25, 0.3) is 0 Å². The number of hydrogen-bond acceptors (Lipinski definition) is 3. The molecule has 0 unspecified atom stereocenters. The van der Waals surface area contributed by atoms with Gasteiger partial charge in [-0.2, -0.15) is 0 Å². The molecule has 0 amide bonds. The molecule has 0 radical (unpaired) electrons. The predicted molar refractivity (Wildman–Crippen MR) is 62.8 cm³/mol. The third-order valence-corrected chi connectivity index (χ3v) is 2.47. The third-order valence-electron chi connectivity index (χ3n) is 2.47. The Morgan fingerprint density at radius 2 is 2.00 bits per heavy atom. The molecule has 1 N–H and O–H groups in total. The molecule has 3 nitrogen and oxygen atoms in total. The van der Waals surface area contributed by atoms with E-state index < -0.39 is 11.6 Å². The molecule has 1 aromatic heterocycles. The lowest BCUT2D eigenvalue weighted by atomic mass is 10.1. The number of aromatic nitrogens is 2. The maximum Gasteiger partial charge on any atom is 0.135 e. The summed E-state index contributed by atoms with van der Waals surface area (Å²) in [6.45, 7) is 0.0541. The Kier molecular flexibility index (Phi) is 3.94. The fourth-order valence-electron chi connectivity index (χ4n) is 1.60. The second kappa shape index (κ2) is 5.64. The van der Waals surface area contributed by atoms with Crippen molar-refractivity contribution in [1.29, 1.82) is 0 Å². The van der Waals surface area contributed by atoms with E-state index in [2.05, 4.69) is 9.97 Å². The molecule has 0 fully saturated rings. The molecule has 94 valence electrons. The van der Waals surface area contributed by atoms with Gasteiger partial charge in [-0.3, -0.25) is 0 Å². The summed E-state index contributed by atoms with van der Waals surface area (Å²) in [5.41, 5.74) is 0.652. The SMILES string of the molecule is OCCCc1nccc(-c2ccc(F)cc2F)n1. The smallest absolute Gasteiger partial charge is 0.135 e. The highest BCUT2D eigenvalue weighted by atomic mass is 19.1. The molecule has 5 heteroatoms. The Hall–Kier alpha value is -1.88. The molecule has 1 aromatic carbocycles. The maximum atomic E-state index is 13.6. The standard InChI is InChI=1S/C13H12F2N2O/c14-9-3-4-10(11(15)8-9)12-5-6-16-13(17-12)2-1-7-18/h3-6,8,18H,1-2,7H2. The van der Waals surface area contributed by atoms with Gasteiger partial charge in [0.15, 0.2) is 0 Å². The number of aliphatic hydroxyl groups excluding tert-OH is 1. The number of nitrogens with zero attached hydrogens (tertiary/aromatic N) is 2. The van der Waals surface area contributed by atoms with Crippen LogP contribution in [-0.2, 0) is 6.42 Å². The van der Waals surface area contributed by atoms with Crippen LogP contribution in [-0.4, -0.2) is 21.7 Å². The van der Waals surface area contributed by atoms with Crippen molar-refractivity contribution in [3.63, 3.8) is 0 Å². The van der Waals surface area contributed by atoms with Gasteiger partial charge in [-0.05, 0) is 24.6 Å². The highest BCUT2D eigenvalue weighted by Crippen LogP contribution is 2.21. The van der Waals surface area contributed by atoms with Crippen LogP contribution >= 0.6 is 0 Å². The first kappa shape index (κ1) is 12.6. The molecule has 1 heterocycles. The van der Waals surface area contributed by atoms with E-state index in [0.29, 0.717) is 24.4 Å². The van der Waals surface area contributed by atoms with E-state index in [1.807, 2.05) is 0 Å². The molecule has 2 rings (SSSR count). The predicted octanol–water partition coefficient (Wildman–Crippen LogP) is 2.35. The zero-order valence-corrected chi connectivity index (χ0v) is 9.61. The Bertz CT molecular complexity index is 546. The van der Waals surface area contributed by atoms with Gasteiger partial charge in [-0.1, -0.05) is 0 Å². The normalized spacial score (nSPS) is 10.6. The first-order valence-corrected chi connectivity index (χ1v) is 5.59. The minimum atomic E-state index is -0.651. The molecule has 0 aliphatic heterocycles. The molecule has 0 saturated carbocycles. The lowest BCUT2D eigenvalue weighted by Gasteiger charge is -2.04. The first-order valence-electron chi connectivity index (χ1n) is 5.59. The molecular formula is C13H12F2N2O. The van der Waals surface area contributed by atoms with E-state index in [1.54, 1.807) is 6.07 Å². The van der Waals surface area contributed by atoms with Crippen molar-refractivity contribution in [3.05, 3.63) is 47.9 Å². The van der Waals surface area contributed by atoms with Crippen LogP contribution in [0.3, 0.4) is 0 Å². The number of halogens is 2. The van der Waals surface area contributed by atoms with Gasteiger partial charge in [0.1, 0.15) is 17.5 Å².